The molecule has 0 saturated carbocycles. The lowest BCUT2D eigenvalue weighted by Gasteiger charge is -2.12. The summed E-state index contributed by atoms with van der Waals surface area (Å²) in [4.78, 5) is 30.9. The van der Waals surface area contributed by atoms with Gasteiger partial charge in [0.15, 0.2) is 0 Å². The first-order valence-corrected chi connectivity index (χ1v) is 16.1. The van der Waals surface area contributed by atoms with E-state index in [-0.39, 0.29) is 31.1 Å². The molecule has 11 heteroatoms. The molecule has 3 aromatic carbocycles. The first-order chi connectivity index (χ1) is 24.1. The lowest BCUT2D eigenvalue weighted by molar-refractivity contribution is 0.00499. The number of pyridine rings is 1. The van der Waals surface area contributed by atoms with Gasteiger partial charge in [0.25, 0.3) is 11.8 Å². The van der Waals surface area contributed by atoms with Crippen LogP contribution >= 0.6 is 0 Å². The van der Waals surface area contributed by atoms with Gasteiger partial charge in [-0.15, -0.1) is 0 Å². The van der Waals surface area contributed by atoms with Gasteiger partial charge in [0.05, 0.1) is 39.6 Å². The highest BCUT2D eigenvalue weighted by Gasteiger charge is 2.16. The predicted octanol–water partition coefficient (Wildman–Crippen LogP) is 4.98. The summed E-state index contributed by atoms with van der Waals surface area (Å²) < 4.78 is 34.2. The number of carbonyl (C=O) groups is 2. The number of amides is 2. The molecule has 11 nitrogen and oxygen atoms in total. The van der Waals surface area contributed by atoms with E-state index < -0.39 is 11.8 Å². The molecule has 4 aromatic rings. The maximum absolute atomic E-state index is 13.3. The van der Waals surface area contributed by atoms with Gasteiger partial charge in [0.2, 0.25) is 0 Å². The van der Waals surface area contributed by atoms with Gasteiger partial charge in [-0.3, -0.25) is 9.59 Å². The Kier molecular flexibility index (Phi) is 13.6. The van der Waals surface area contributed by atoms with E-state index in [0.29, 0.717) is 70.1 Å². The lowest BCUT2D eigenvalue weighted by Crippen LogP contribution is -2.27. The first-order valence-electron chi connectivity index (χ1n) is 16.1. The third kappa shape index (κ3) is 11.8. The Bertz CT molecular complexity index is 1550. The number of aromatic nitrogens is 1. The van der Waals surface area contributed by atoms with Gasteiger partial charge >= 0.3 is 0 Å². The van der Waals surface area contributed by atoms with Crippen LogP contribution in [0.4, 0.5) is 0 Å². The molecule has 0 saturated heterocycles. The minimum atomic E-state index is -0.447. The standard InChI is InChI=1S/C38H41N3O8/c1-2-28-3-5-31(6-4-28)27-49-34-23-35-37(42)39-25-29-7-11-32(12-8-29)47-21-19-45-17-15-44-16-18-46-20-22-48-33-13-9-30(10-14-33)26-40-38(43)36(24-34)41-35/h2-14,23-24H,1,15-22,25-27H2,(H,39,42)(H,40,43). The SMILES string of the molecule is C=Cc1ccc(COc2cc3nc(c2)C(=O)NCc2ccc(cc2)OCCOCCOCCOCCOc2ccc(cc2)CNC3=O)cc1. The molecule has 0 unspecified atom stereocenters. The van der Waals surface area contributed by atoms with Gasteiger partial charge in [-0.2, -0.15) is 0 Å². The van der Waals surface area contributed by atoms with Crippen molar-refractivity contribution >= 4 is 17.9 Å². The van der Waals surface area contributed by atoms with Crippen LogP contribution in [-0.2, 0) is 33.9 Å². The molecule has 0 atom stereocenters. The molecule has 256 valence electrons. The number of ether oxygens (including phenoxy) is 6. The minimum Gasteiger partial charge on any atom is -0.491 e. The molecule has 2 N–H and O–H groups in total. The monoisotopic (exact) mass is 667 g/mol. The van der Waals surface area contributed by atoms with Crippen molar-refractivity contribution in [2.45, 2.75) is 19.7 Å². The molecule has 2 amide bonds. The Morgan fingerprint density at radius 3 is 1.53 bits per heavy atom. The second-order valence-electron chi connectivity index (χ2n) is 11.0. The van der Waals surface area contributed by atoms with E-state index in [1.165, 1.54) is 12.1 Å². The maximum atomic E-state index is 13.3. The molecule has 0 radical (unpaired) electrons. The van der Waals surface area contributed by atoms with Crippen LogP contribution in [0.1, 0.15) is 43.2 Å². The van der Waals surface area contributed by atoms with Crippen LogP contribution in [0.3, 0.4) is 0 Å². The van der Waals surface area contributed by atoms with Crippen LogP contribution in [0.25, 0.3) is 6.08 Å². The van der Waals surface area contributed by atoms with Gasteiger partial charge in [0, 0.05) is 25.2 Å². The van der Waals surface area contributed by atoms with E-state index in [1.807, 2.05) is 72.8 Å². The molecule has 6 bridgehead atoms. The molecule has 49 heavy (non-hydrogen) atoms. The Hall–Kier alpha value is -5.23. The molecule has 0 spiro atoms. The fourth-order valence-electron chi connectivity index (χ4n) is 4.67. The van der Waals surface area contributed by atoms with E-state index >= 15 is 0 Å². The predicted molar refractivity (Wildman–Crippen MR) is 184 cm³/mol. The van der Waals surface area contributed by atoms with Crippen molar-refractivity contribution in [2.24, 2.45) is 0 Å². The first kappa shape index (κ1) is 35.1. The second-order valence-corrected chi connectivity index (χ2v) is 11.0. The van der Waals surface area contributed by atoms with Crippen molar-refractivity contribution in [3.63, 3.8) is 0 Å². The maximum Gasteiger partial charge on any atom is 0.270 e. The van der Waals surface area contributed by atoms with Gasteiger partial charge in [-0.05, 0) is 46.5 Å². The van der Waals surface area contributed by atoms with Gasteiger partial charge in [-0.25, -0.2) is 4.98 Å². The highest BCUT2D eigenvalue weighted by atomic mass is 16.6. The molecule has 8 rings (SSSR count). The van der Waals surface area contributed by atoms with Crippen LogP contribution in [0.15, 0.2) is 91.5 Å². The summed E-state index contributed by atoms with van der Waals surface area (Å²) >= 11 is 0. The molecule has 5 heterocycles. The number of nitrogens with one attached hydrogen (secondary N) is 2. The Balaban J connectivity index is 1.28. The number of nitrogens with zero attached hydrogens (tertiary/aromatic N) is 1. The summed E-state index contributed by atoms with van der Waals surface area (Å²) in [5.41, 5.74) is 3.75. The molecule has 1 aromatic heterocycles. The molecular formula is C38H41N3O8. The fraction of sp³-hybridized carbons (Fsp3) is 0.289. The van der Waals surface area contributed by atoms with Crippen LogP contribution in [0.2, 0.25) is 0 Å². The zero-order valence-corrected chi connectivity index (χ0v) is 27.4. The summed E-state index contributed by atoms with van der Waals surface area (Å²) in [7, 11) is 0. The van der Waals surface area contributed by atoms with Crippen LogP contribution < -0.4 is 24.8 Å². The zero-order chi connectivity index (χ0) is 34.1. The average molecular weight is 668 g/mol. The Morgan fingerprint density at radius 1 is 0.633 bits per heavy atom. The topological polar surface area (TPSA) is 126 Å². The highest BCUT2D eigenvalue weighted by Crippen LogP contribution is 2.19. The third-order valence-corrected chi connectivity index (χ3v) is 7.37. The second kappa shape index (κ2) is 18.9. The minimum absolute atomic E-state index is 0.0557. The van der Waals surface area contributed by atoms with Gasteiger partial charge in [-0.1, -0.05) is 61.2 Å². The van der Waals surface area contributed by atoms with Crippen molar-refractivity contribution in [1.82, 2.24) is 15.6 Å². The number of hydrogen-bond donors (Lipinski definition) is 2. The number of rotatable bonds is 4. The van der Waals surface area contributed by atoms with Crippen molar-refractivity contribution in [2.75, 3.05) is 52.9 Å². The smallest absolute Gasteiger partial charge is 0.270 e. The van der Waals surface area contributed by atoms with Crippen LogP contribution in [0.5, 0.6) is 17.2 Å². The number of benzene rings is 3. The average Bonchev–Trinajstić information content (AvgIpc) is 3.14. The summed E-state index contributed by atoms with van der Waals surface area (Å²) in [5.74, 6) is 0.821. The normalized spacial score (nSPS) is 15.6. The Morgan fingerprint density at radius 2 is 1.08 bits per heavy atom. The largest absolute Gasteiger partial charge is 0.491 e. The van der Waals surface area contributed by atoms with E-state index in [1.54, 1.807) is 6.08 Å². The molecule has 4 aliphatic rings. The molecule has 4 aliphatic heterocycles. The van der Waals surface area contributed by atoms with Crippen molar-refractivity contribution in [3.05, 3.63) is 125 Å². The van der Waals surface area contributed by atoms with E-state index in [0.717, 1.165) is 22.3 Å². The van der Waals surface area contributed by atoms with E-state index in [4.69, 9.17) is 28.4 Å². The third-order valence-electron chi connectivity index (χ3n) is 7.37. The van der Waals surface area contributed by atoms with Crippen molar-refractivity contribution < 1.29 is 38.0 Å². The van der Waals surface area contributed by atoms with Gasteiger partial charge < -0.3 is 39.1 Å². The van der Waals surface area contributed by atoms with Gasteiger partial charge in [0.1, 0.15) is 48.5 Å². The van der Waals surface area contributed by atoms with Crippen molar-refractivity contribution in [1.29, 1.82) is 0 Å². The van der Waals surface area contributed by atoms with E-state index in [9.17, 15) is 9.59 Å². The highest BCUT2D eigenvalue weighted by molar-refractivity contribution is 5.97. The van der Waals surface area contributed by atoms with Crippen LogP contribution in [0, 0.1) is 0 Å². The summed E-state index contributed by atoms with van der Waals surface area (Å²) in [6.07, 6.45) is 1.76. The fourth-order valence-corrected chi connectivity index (χ4v) is 4.67. The Labute approximate surface area is 286 Å². The van der Waals surface area contributed by atoms with E-state index in [2.05, 4.69) is 22.2 Å². The molecule has 0 aliphatic carbocycles. The molecular weight excluding hydrogens is 626 g/mol. The quantitative estimate of drug-likeness (QED) is 0.310. The van der Waals surface area contributed by atoms with Crippen LogP contribution in [-0.4, -0.2) is 69.7 Å². The summed E-state index contributed by atoms with van der Waals surface area (Å²) in [6, 6.07) is 25.6. The summed E-state index contributed by atoms with van der Waals surface area (Å²) in [6.45, 7) is 7.99. The van der Waals surface area contributed by atoms with Crippen molar-refractivity contribution in [3.8, 4) is 17.2 Å². The number of hydrogen-bond acceptors (Lipinski definition) is 9. The zero-order valence-electron chi connectivity index (χ0n) is 27.4. The molecule has 0 fully saturated rings. The summed E-state index contributed by atoms with van der Waals surface area (Å²) in [5, 5.41) is 5.77. The number of carbonyl (C=O) groups excluding carboxylic acids is 2. The lowest BCUT2D eigenvalue weighted by atomic mass is 10.1.